The fraction of sp³-hybridized carbons (Fsp3) is 0.556. The van der Waals surface area contributed by atoms with Crippen LogP contribution in [0.1, 0.15) is 25.6 Å². The summed E-state index contributed by atoms with van der Waals surface area (Å²) in [7, 11) is 0. The smallest absolute Gasteiger partial charge is 0.296 e. The number of nitro groups is 1. The third kappa shape index (κ3) is 4.37. The van der Waals surface area contributed by atoms with Crippen LogP contribution in [0.5, 0.6) is 0 Å². The van der Waals surface area contributed by atoms with E-state index in [2.05, 4.69) is 5.48 Å². The van der Waals surface area contributed by atoms with Crippen LogP contribution < -0.4 is 5.48 Å². The minimum atomic E-state index is -0.390. The Kier molecular flexibility index (Phi) is 3.78. The van der Waals surface area contributed by atoms with E-state index in [0.717, 1.165) is 16.2 Å². The number of nitrogens with zero attached hydrogens (tertiary/aromatic N) is 1. The van der Waals surface area contributed by atoms with Crippen molar-refractivity contribution in [2.75, 3.05) is 0 Å². The lowest BCUT2D eigenvalue weighted by Crippen LogP contribution is -2.28. The van der Waals surface area contributed by atoms with Crippen LogP contribution in [0.4, 0.5) is 5.00 Å². The van der Waals surface area contributed by atoms with Crippen molar-refractivity contribution in [1.82, 2.24) is 5.48 Å². The highest BCUT2D eigenvalue weighted by atomic mass is 32.1. The van der Waals surface area contributed by atoms with Crippen LogP contribution in [0.15, 0.2) is 12.1 Å². The van der Waals surface area contributed by atoms with E-state index in [0.29, 0.717) is 6.54 Å². The van der Waals surface area contributed by atoms with Gasteiger partial charge in [0.1, 0.15) is 0 Å². The van der Waals surface area contributed by atoms with E-state index in [4.69, 9.17) is 4.84 Å². The number of hydroxylamine groups is 1. The van der Waals surface area contributed by atoms with Gasteiger partial charge in [-0.1, -0.05) is 11.3 Å². The summed E-state index contributed by atoms with van der Waals surface area (Å²) >= 11 is 1.15. The molecule has 0 bridgehead atoms. The first-order valence-corrected chi connectivity index (χ1v) is 5.34. The molecule has 0 aliphatic rings. The Morgan fingerprint density at radius 2 is 2.20 bits per heavy atom. The Bertz CT molecular complexity index is 343. The van der Waals surface area contributed by atoms with Crippen molar-refractivity contribution in [1.29, 1.82) is 0 Å². The summed E-state index contributed by atoms with van der Waals surface area (Å²) in [4.78, 5) is 16.2. The van der Waals surface area contributed by atoms with Crippen LogP contribution in [-0.4, -0.2) is 10.5 Å². The zero-order valence-electron chi connectivity index (χ0n) is 8.94. The van der Waals surface area contributed by atoms with Gasteiger partial charge in [-0.25, -0.2) is 0 Å². The lowest BCUT2D eigenvalue weighted by molar-refractivity contribution is -0.380. The SMILES string of the molecule is CC(C)(C)ONCc1ccc([N+](=O)[O-])s1. The van der Waals surface area contributed by atoms with Crippen molar-refractivity contribution >= 4 is 16.3 Å². The van der Waals surface area contributed by atoms with Crippen LogP contribution in [0.2, 0.25) is 0 Å². The molecule has 1 aromatic heterocycles. The normalized spacial score (nSPS) is 11.7. The average molecular weight is 230 g/mol. The lowest BCUT2D eigenvalue weighted by Gasteiger charge is -2.18. The van der Waals surface area contributed by atoms with E-state index in [1.165, 1.54) is 6.07 Å². The van der Waals surface area contributed by atoms with Crippen molar-refractivity contribution in [2.45, 2.75) is 32.9 Å². The van der Waals surface area contributed by atoms with E-state index >= 15 is 0 Å². The van der Waals surface area contributed by atoms with Crippen molar-refractivity contribution in [3.05, 3.63) is 27.1 Å². The maximum absolute atomic E-state index is 10.4. The number of thiophene rings is 1. The summed E-state index contributed by atoms with van der Waals surface area (Å²) in [6.07, 6.45) is 0. The van der Waals surface area contributed by atoms with Crippen LogP contribution >= 0.6 is 11.3 Å². The summed E-state index contributed by atoms with van der Waals surface area (Å²) < 4.78 is 0. The first kappa shape index (κ1) is 12.1. The van der Waals surface area contributed by atoms with E-state index in [-0.39, 0.29) is 10.6 Å². The topological polar surface area (TPSA) is 64.4 Å². The fourth-order valence-corrected chi connectivity index (χ4v) is 1.63. The second-order valence-corrected chi connectivity index (χ2v) is 5.18. The molecule has 0 atom stereocenters. The van der Waals surface area contributed by atoms with Crippen molar-refractivity contribution in [3.63, 3.8) is 0 Å². The Morgan fingerprint density at radius 3 is 2.67 bits per heavy atom. The number of hydrogen-bond acceptors (Lipinski definition) is 5. The zero-order chi connectivity index (χ0) is 11.5. The summed E-state index contributed by atoms with van der Waals surface area (Å²) in [5.74, 6) is 0. The van der Waals surface area contributed by atoms with Crippen LogP contribution in [-0.2, 0) is 11.4 Å². The third-order valence-electron chi connectivity index (χ3n) is 1.45. The molecule has 0 aliphatic heterocycles. The Balaban J connectivity index is 2.41. The highest BCUT2D eigenvalue weighted by molar-refractivity contribution is 7.15. The van der Waals surface area contributed by atoms with Crippen LogP contribution in [0, 0.1) is 10.1 Å². The molecule has 1 N–H and O–H groups in total. The monoisotopic (exact) mass is 230 g/mol. The van der Waals surface area contributed by atoms with Gasteiger partial charge in [0.25, 0.3) is 0 Å². The first-order chi connectivity index (χ1) is 6.88. The molecule has 0 amide bonds. The quantitative estimate of drug-likeness (QED) is 0.637. The molecule has 5 nitrogen and oxygen atoms in total. The summed E-state index contributed by atoms with van der Waals surface area (Å²) in [5.41, 5.74) is 2.52. The molecule has 0 saturated heterocycles. The summed E-state index contributed by atoms with van der Waals surface area (Å²) in [6.45, 7) is 6.26. The maximum atomic E-state index is 10.4. The highest BCUT2D eigenvalue weighted by Crippen LogP contribution is 2.23. The van der Waals surface area contributed by atoms with Crippen molar-refractivity contribution < 1.29 is 9.76 Å². The third-order valence-corrected chi connectivity index (χ3v) is 2.49. The largest absolute Gasteiger partial charge is 0.324 e. The van der Waals surface area contributed by atoms with Crippen molar-refractivity contribution in [3.8, 4) is 0 Å². The number of hydrogen-bond donors (Lipinski definition) is 1. The first-order valence-electron chi connectivity index (χ1n) is 4.52. The van der Waals surface area contributed by atoms with Gasteiger partial charge in [-0.15, -0.1) is 0 Å². The summed E-state index contributed by atoms with van der Waals surface area (Å²) in [6, 6.07) is 3.22. The molecule has 1 aromatic rings. The minimum absolute atomic E-state index is 0.155. The van der Waals surface area contributed by atoms with Gasteiger partial charge in [0.15, 0.2) is 0 Å². The molecule has 0 spiro atoms. The van der Waals surface area contributed by atoms with E-state index in [9.17, 15) is 10.1 Å². The Hall–Kier alpha value is -0.980. The standard InChI is InChI=1S/C9H14N2O3S/c1-9(2,3)14-10-6-7-4-5-8(15-7)11(12)13/h4-5,10H,6H2,1-3H3. The van der Waals surface area contributed by atoms with Crippen molar-refractivity contribution in [2.24, 2.45) is 0 Å². The van der Waals surface area contributed by atoms with Gasteiger partial charge in [-0.2, -0.15) is 5.48 Å². The maximum Gasteiger partial charge on any atom is 0.324 e. The Labute approximate surface area is 92.2 Å². The molecule has 0 radical (unpaired) electrons. The van der Waals surface area contributed by atoms with E-state index in [1.807, 2.05) is 20.8 Å². The average Bonchev–Trinajstić information content (AvgIpc) is 2.50. The molecule has 84 valence electrons. The zero-order valence-corrected chi connectivity index (χ0v) is 9.76. The number of rotatable bonds is 4. The van der Waals surface area contributed by atoms with Gasteiger partial charge in [0.2, 0.25) is 0 Å². The molecule has 1 rings (SSSR count). The van der Waals surface area contributed by atoms with E-state index < -0.39 is 4.92 Å². The molecular formula is C9H14N2O3S. The summed E-state index contributed by atoms with van der Waals surface area (Å²) in [5, 5.41) is 10.6. The molecule has 0 fully saturated rings. The molecule has 0 aliphatic carbocycles. The Morgan fingerprint density at radius 1 is 1.53 bits per heavy atom. The van der Waals surface area contributed by atoms with Gasteiger partial charge in [-0.05, 0) is 26.8 Å². The molecule has 15 heavy (non-hydrogen) atoms. The fourth-order valence-electron chi connectivity index (χ4n) is 0.883. The molecular weight excluding hydrogens is 216 g/mol. The predicted molar refractivity (Wildman–Crippen MR) is 58.7 cm³/mol. The lowest BCUT2D eigenvalue weighted by atomic mass is 10.2. The molecule has 0 saturated carbocycles. The molecule has 6 heteroatoms. The highest BCUT2D eigenvalue weighted by Gasteiger charge is 2.12. The van der Waals surface area contributed by atoms with Crippen LogP contribution in [0.25, 0.3) is 0 Å². The van der Waals surface area contributed by atoms with Gasteiger partial charge in [0, 0.05) is 10.9 Å². The molecule has 0 unspecified atom stereocenters. The van der Waals surface area contributed by atoms with E-state index in [1.54, 1.807) is 6.07 Å². The minimum Gasteiger partial charge on any atom is -0.296 e. The van der Waals surface area contributed by atoms with Gasteiger partial charge < -0.3 is 0 Å². The molecule has 1 heterocycles. The molecule has 0 aromatic carbocycles. The second-order valence-electron chi connectivity index (χ2n) is 4.03. The van der Waals surface area contributed by atoms with Crippen LogP contribution in [0.3, 0.4) is 0 Å². The van der Waals surface area contributed by atoms with Gasteiger partial charge in [-0.3, -0.25) is 15.0 Å². The predicted octanol–water partition coefficient (Wildman–Crippen LogP) is 2.48. The van der Waals surface area contributed by atoms with Gasteiger partial charge in [0.05, 0.1) is 17.1 Å². The number of nitrogens with one attached hydrogen (secondary N) is 1. The van der Waals surface area contributed by atoms with Gasteiger partial charge >= 0.3 is 5.00 Å². The second kappa shape index (κ2) is 4.69.